The highest BCUT2D eigenvalue weighted by Crippen LogP contribution is 2.50. The van der Waals surface area contributed by atoms with Crippen molar-refractivity contribution < 1.29 is 19.7 Å². The number of aliphatic hydroxyl groups excluding tert-OH is 1. The van der Waals surface area contributed by atoms with E-state index >= 15 is 0 Å². The highest BCUT2D eigenvalue weighted by atomic mass is 16.6. The Morgan fingerprint density at radius 3 is 2.84 bits per heavy atom. The Kier molecular flexibility index (Phi) is 2.53. The van der Waals surface area contributed by atoms with Crippen LogP contribution in [0.5, 0.6) is 0 Å². The van der Waals surface area contributed by atoms with Gasteiger partial charge >= 0.3 is 5.97 Å². The summed E-state index contributed by atoms with van der Waals surface area (Å²) in [7, 11) is 0. The highest BCUT2D eigenvalue weighted by molar-refractivity contribution is 5.91. The van der Waals surface area contributed by atoms with Crippen LogP contribution in [-0.4, -0.2) is 34.0 Å². The average molecular weight is 262 g/mol. The molecule has 0 radical (unpaired) electrons. The van der Waals surface area contributed by atoms with Crippen molar-refractivity contribution in [2.45, 2.75) is 44.5 Å². The van der Waals surface area contributed by atoms with Gasteiger partial charge in [-0.15, -0.1) is 0 Å². The van der Waals surface area contributed by atoms with E-state index in [1.54, 1.807) is 13.0 Å². The Balaban J connectivity index is 2.17. The van der Waals surface area contributed by atoms with Crippen LogP contribution in [0.2, 0.25) is 0 Å². The number of carbonyl (C=O) groups excluding carboxylic acids is 1. The molecular formula is C15H18O4. The molecule has 0 aromatic carbocycles. The second kappa shape index (κ2) is 3.81. The van der Waals surface area contributed by atoms with Crippen molar-refractivity contribution in [2.24, 2.45) is 5.92 Å². The summed E-state index contributed by atoms with van der Waals surface area (Å²) in [6.07, 6.45) is 1.63. The van der Waals surface area contributed by atoms with Crippen LogP contribution in [0.3, 0.4) is 0 Å². The van der Waals surface area contributed by atoms with Crippen LogP contribution in [-0.2, 0) is 9.53 Å². The molecule has 4 nitrogen and oxygen atoms in total. The van der Waals surface area contributed by atoms with Crippen LogP contribution in [0.1, 0.15) is 26.7 Å². The standard InChI is InChI=1S/C15H18O4/c1-7-4-5-10-9(3)14(17)19-13(10)15(18)8(2)6-11(16)12(7)15/h6,10-11,13,16,18H,3-5H2,1-2H3. The molecular weight excluding hydrogens is 244 g/mol. The monoisotopic (exact) mass is 262 g/mol. The van der Waals surface area contributed by atoms with E-state index in [-0.39, 0.29) is 5.92 Å². The quantitative estimate of drug-likeness (QED) is 0.392. The molecule has 19 heavy (non-hydrogen) atoms. The maximum Gasteiger partial charge on any atom is 0.334 e. The molecule has 1 saturated heterocycles. The molecule has 0 amide bonds. The molecule has 0 saturated carbocycles. The van der Waals surface area contributed by atoms with Gasteiger partial charge in [0.25, 0.3) is 0 Å². The van der Waals surface area contributed by atoms with E-state index in [1.807, 2.05) is 6.92 Å². The number of aliphatic hydroxyl groups is 2. The highest BCUT2D eigenvalue weighted by Gasteiger charge is 2.58. The van der Waals surface area contributed by atoms with Crippen molar-refractivity contribution in [1.29, 1.82) is 0 Å². The zero-order valence-corrected chi connectivity index (χ0v) is 11.1. The Labute approximate surface area is 112 Å². The first-order chi connectivity index (χ1) is 8.87. The molecule has 1 heterocycles. The predicted octanol–water partition coefficient (Wildman–Crippen LogP) is 1.25. The summed E-state index contributed by atoms with van der Waals surface area (Å²) in [5, 5.41) is 21.3. The van der Waals surface area contributed by atoms with Gasteiger partial charge < -0.3 is 14.9 Å². The van der Waals surface area contributed by atoms with Crippen molar-refractivity contribution in [1.82, 2.24) is 0 Å². The van der Waals surface area contributed by atoms with Gasteiger partial charge in [-0.2, -0.15) is 0 Å². The molecule has 2 aliphatic carbocycles. The van der Waals surface area contributed by atoms with Crippen LogP contribution in [0.25, 0.3) is 0 Å². The average Bonchev–Trinajstić information content (AvgIpc) is 2.70. The van der Waals surface area contributed by atoms with E-state index in [0.29, 0.717) is 23.1 Å². The number of esters is 1. The summed E-state index contributed by atoms with van der Waals surface area (Å²) in [5.41, 5.74) is 1.26. The number of hydrogen-bond donors (Lipinski definition) is 2. The van der Waals surface area contributed by atoms with Gasteiger partial charge in [-0.1, -0.05) is 12.2 Å². The van der Waals surface area contributed by atoms with E-state index in [2.05, 4.69) is 6.58 Å². The maximum absolute atomic E-state index is 11.7. The summed E-state index contributed by atoms with van der Waals surface area (Å²) >= 11 is 0. The molecule has 1 aliphatic heterocycles. The third kappa shape index (κ3) is 1.44. The van der Waals surface area contributed by atoms with Crippen molar-refractivity contribution in [3.05, 3.63) is 34.9 Å². The Morgan fingerprint density at radius 1 is 1.47 bits per heavy atom. The van der Waals surface area contributed by atoms with Crippen molar-refractivity contribution in [3.8, 4) is 0 Å². The minimum absolute atomic E-state index is 0.182. The fourth-order valence-corrected chi connectivity index (χ4v) is 3.66. The van der Waals surface area contributed by atoms with E-state index < -0.39 is 23.8 Å². The number of hydrogen-bond acceptors (Lipinski definition) is 4. The Morgan fingerprint density at radius 2 is 2.16 bits per heavy atom. The Bertz CT molecular complexity index is 542. The van der Waals surface area contributed by atoms with E-state index in [4.69, 9.17) is 4.74 Å². The van der Waals surface area contributed by atoms with Crippen LogP contribution < -0.4 is 0 Å². The van der Waals surface area contributed by atoms with Crippen LogP contribution in [0.15, 0.2) is 34.9 Å². The van der Waals surface area contributed by atoms with Crippen molar-refractivity contribution in [2.75, 3.05) is 0 Å². The lowest BCUT2D eigenvalue weighted by atomic mass is 9.79. The predicted molar refractivity (Wildman–Crippen MR) is 69.2 cm³/mol. The summed E-state index contributed by atoms with van der Waals surface area (Å²) in [6, 6.07) is 0. The van der Waals surface area contributed by atoms with Gasteiger partial charge in [0.15, 0.2) is 0 Å². The van der Waals surface area contributed by atoms with Gasteiger partial charge in [0.2, 0.25) is 0 Å². The smallest absolute Gasteiger partial charge is 0.334 e. The van der Waals surface area contributed by atoms with Gasteiger partial charge in [0.1, 0.15) is 11.7 Å². The number of carbonyl (C=O) groups is 1. The molecule has 4 heteroatoms. The first-order valence-electron chi connectivity index (χ1n) is 6.56. The molecule has 4 unspecified atom stereocenters. The number of rotatable bonds is 0. The van der Waals surface area contributed by atoms with Gasteiger partial charge in [-0.3, -0.25) is 0 Å². The lowest BCUT2D eigenvalue weighted by Crippen LogP contribution is -2.47. The van der Waals surface area contributed by atoms with E-state index in [0.717, 1.165) is 12.0 Å². The van der Waals surface area contributed by atoms with E-state index in [1.165, 1.54) is 0 Å². The minimum atomic E-state index is -1.38. The minimum Gasteiger partial charge on any atom is -0.455 e. The van der Waals surface area contributed by atoms with Crippen LogP contribution >= 0.6 is 0 Å². The normalized spacial score (nSPS) is 41.7. The molecule has 102 valence electrons. The number of allylic oxidation sites excluding steroid dienone is 1. The molecule has 3 aliphatic rings. The molecule has 0 bridgehead atoms. The van der Waals surface area contributed by atoms with Gasteiger partial charge in [-0.05, 0) is 38.3 Å². The zero-order valence-electron chi connectivity index (χ0n) is 11.1. The molecule has 1 fully saturated rings. The summed E-state index contributed by atoms with van der Waals surface area (Å²) in [6.45, 7) is 7.47. The number of ether oxygens (including phenoxy) is 1. The topological polar surface area (TPSA) is 66.8 Å². The molecule has 2 N–H and O–H groups in total. The van der Waals surface area contributed by atoms with E-state index in [9.17, 15) is 15.0 Å². The second-order valence-electron chi connectivity index (χ2n) is 5.75. The third-order valence-electron chi connectivity index (χ3n) is 4.73. The first kappa shape index (κ1) is 12.6. The maximum atomic E-state index is 11.7. The van der Waals surface area contributed by atoms with Gasteiger partial charge in [0.05, 0.1) is 6.10 Å². The molecule has 4 atom stereocenters. The second-order valence-corrected chi connectivity index (χ2v) is 5.75. The van der Waals surface area contributed by atoms with Crippen molar-refractivity contribution in [3.63, 3.8) is 0 Å². The molecule has 3 rings (SSSR count). The fraction of sp³-hybridized carbons (Fsp3) is 0.533. The molecule has 0 aromatic rings. The summed E-state index contributed by atoms with van der Waals surface area (Å²) in [5.74, 6) is -0.616. The van der Waals surface area contributed by atoms with Crippen molar-refractivity contribution >= 4 is 5.97 Å². The Hall–Kier alpha value is -1.39. The van der Waals surface area contributed by atoms with Crippen LogP contribution in [0, 0.1) is 5.92 Å². The third-order valence-corrected chi connectivity index (χ3v) is 4.73. The van der Waals surface area contributed by atoms with Crippen LogP contribution in [0.4, 0.5) is 0 Å². The first-order valence-corrected chi connectivity index (χ1v) is 6.56. The zero-order chi connectivity index (χ0) is 13.9. The number of fused-ring (bicyclic) bond motifs is 3. The lowest BCUT2D eigenvalue weighted by molar-refractivity contribution is -0.147. The SMILES string of the molecule is C=C1C(=O)OC2C1CCC(C)=C1C(O)C=C(C)C12O. The largest absolute Gasteiger partial charge is 0.455 e. The van der Waals surface area contributed by atoms with Gasteiger partial charge in [0, 0.05) is 17.1 Å². The molecule has 0 spiro atoms. The fourth-order valence-electron chi connectivity index (χ4n) is 3.66. The van der Waals surface area contributed by atoms with Gasteiger partial charge in [-0.25, -0.2) is 4.79 Å². The lowest BCUT2D eigenvalue weighted by Gasteiger charge is -2.34. The summed E-state index contributed by atoms with van der Waals surface area (Å²) < 4.78 is 5.37. The molecule has 0 aromatic heterocycles. The summed E-state index contributed by atoms with van der Waals surface area (Å²) in [4.78, 5) is 11.7.